The van der Waals surface area contributed by atoms with Gasteiger partial charge in [-0.2, -0.15) is 5.26 Å². The van der Waals surface area contributed by atoms with Gasteiger partial charge in [-0.15, -0.1) is 0 Å². The van der Waals surface area contributed by atoms with Gasteiger partial charge in [-0.25, -0.2) is 0 Å². The molecule has 39 heavy (non-hydrogen) atoms. The molecule has 0 atom stereocenters. The maximum atomic E-state index is 13.7. The van der Waals surface area contributed by atoms with Gasteiger partial charge in [-0.05, 0) is 42.2 Å². The number of hydrogen-bond donors (Lipinski definition) is 2. The summed E-state index contributed by atoms with van der Waals surface area (Å²) in [5, 5.41) is 20.6. The van der Waals surface area contributed by atoms with Gasteiger partial charge in [0, 0.05) is 42.4 Å². The Kier molecular flexibility index (Phi) is 8.14. The fourth-order valence-electron chi connectivity index (χ4n) is 5.08. The van der Waals surface area contributed by atoms with Crippen LogP contribution in [0.4, 0.5) is 5.69 Å². The zero-order valence-electron chi connectivity index (χ0n) is 23.4. The molecule has 206 valence electrons. The van der Waals surface area contributed by atoms with E-state index in [1.165, 1.54) is 0 Å². The van der Waals surface area contributed by atoms with Crippen molar-refractivity contribution in [1.82, 2.24) is 10.2 Å². The third kappa shape index (κ3) is 5.85. The standard InChI is InChI=1S/C30H37N5O4/c1-6-38-26-15-21-17-35(29(32)22(21)12-20(26)16-27(37)33-5)18-25(36)19-13-23(30(2,3)4)28-24(14-19)34(9-7-8-31)10-11-39-28/h12-15,32H,6-7,9-11,16-18H2,1-5H3,(H,33,37). The average molecular weight is 532 g/mol. The number of fused-ring (bicyclic) bond motifs is 2. The number of amides is 1. The Morgan fingerprint density at radius 2 is 1.97 bits per heavy atom. The van der Waals surface area contributed by atoms with E-state index >= 15 is 0 Å². The molecule has 1 amide bonds. The summed E-state index contributed by atoms with van der Waals surface area (Å²) in [7, 11) is 1.59. The zero-order valence-corrected chi connectivity index (χ0v) is 23.4. The maximum Gasteiger partial charge on any atom is 0.224 e. The van der Waals surface area contributed by atoms with Crippen LogP contribution in [0.25, 0.3) is 0 Å². The summed E-state index contributed by atoms with van der Waals surface area (Å²) in [6, 6.07) is 9.71. The van der Waals surface area contributed by atoms with E-state index < -0.39 is 0 Å². The van der Waals surface area contributed by atoms with Gasteiger partial charge >= 0.3 is 0 Å². The first-order valence-electron chi connectivity index (χ1n) is 13.4. The third-order valence-corrected chi connectivity index (χ3v) is 7.12. The van der Waals surface area contributed by atoms with E-state index in [4.69, 9.17) is 20.1 Å². The molecule has 4 rings (SSSR count). The minimum atomic E-state index is -0.258. The van der Waals surface area contributed by atoms with Crippen LogP contribution in [0.15, 0.2) is 24.3 Å². The van der Waals surface area contributed by atoms with E-state index in [1.807, 2.05) is 31.2 Å². The molecule has 2 aromatic rings. The summed E-state index contributed by atoms with van der Waals surface area (Å²) in [5.41, 5.74) is 4.42. The smallest absolute Gasteiger partial charge is 0.224 e. The van der Waals surface area contributed by atoms with E-state index in [1.54, 1.807) is 11.9 Å². The number of nitrogens with zero attached hydrogens (tertiary/aromatic N) is 3. The molecule has 0 saturated carbocycles. The largest absolute Gasteiger partial charge is 0.494 e. The van der Waals surface area contributed by atoms with Crippen molar-refractivity contribution in [2.24, 2.45) is 0 Å². The highest BCUT2D eigenvalue weighted by Gasteiger charge is 2.31. The fourth-order valence-corrected chi connectivity index (χ4v) is 5.08. The van der Waals surface area contributed by atoms with Gasteiger partial charge in [0.1, 0.15) is 23.9 Å². The van der Waals surface area contributed by atoms with E-state index in [2.05, 4.69) is 37.1 Å². The van der Waals surface area contributed by atoms with Crippen LogP contribution in [0.3, 0.4) is 0 Å². The fraction of sp³-hybridized carbons (Fsp3) is 0.467. The van der Waals surface area contributed by atoms with Crippen LogP contribution in [-0.4, -0.2) is 62.3 Å². The van der Waals surface area contributed by atoms with Gasteiger partial charge in [0.2, 0.25) is 5.91 Å². The number of hydrogen-bond acceptors (Lipinski definition) is 7. The van der Waals surface area contributed by atoms with Gasteiger partial charge in [0.05, 0.1) is 44.3 Å². The molecular weight excluding hydrogens is 494 g/mol. The summed E-state index contributed by atoms with van der Waals surface area (Å²) in [6.07, 6.45) is 0.539. The highest BCUT2D eigenvalue weighted by atomic mass is 16.5. The molecule has 0 radical (unpaired) electrons. The van der Waals surface area contributed by atoms with E-state index in [9.17, 15) is 9.59 Å². The Morgan fingerprint density at radius 1 is 1.21 bits per heavy atom. The lowest BCUT2D eigenvalue weighted by molar-refractivity contribution is -0.119. The Hall–Kier alpha value is -4.06. The third-order valence-electron chi connectivity index (χ3n) is 7.12. The first kappa shape index (κ1) is 28.0. The lowest BCUT2D eigenvalue weighted by atomic mass is 9.84. The molecule has 2 aliphatic heterocycles. The molecule has 0 aliphatic carbocycles. The van der Waals surface area contributed by atoms with E-state index in [0.717, 1.165) is 28.1 Å². The van der Waals surface area contributed by atoms with Gasteiger partial charge < -0.3 is 24.6 Å². The summed E-state index contributed by atoms with van der Waals surface area (Å²) in [5.74, 6) is 1.43. The van der Waals surface area contributed by atoms with Crippen LogP contribution in [0.1, 0.15) is 66.7 Å². The number of rotatable bonds is 9. The first-order valence-corrected chi connectivity index (χ1v) is 13.4. The highest BCUT2D eigenvalue weighted by Crippen LogP contribution is 2.42. The normalized spacial score (nSPS) is 14.3. The van der Waals surface area contributed by atoms with Gasteiger partial charge in [0.25, 0.3) is 0 Å². The lowest BCUT2D eigenvalue weighted by Crippen LogP contribution is -2.35. The second-order valence-electron chi connectivity index (χ2n) is 10.9. The summed E-state index contributed by atoms with van der Waals surface area (Å²) in [6.45, 7) is 10.8. The van der Waals surface area contributed by atoms with Crippen molar-refractivity contribution >= 4 is 23.2 Å². The molecule has 0 spiro atoms. The maximum absolute atomic E-state index is 13.7. The number of ether oxygens (including phenoxy) is 2. The summed E-state index contributed by atoms with van der Waals surface area (Å²) >= 11 is 0. The van der Waals surface area contributed by atoms with Crippen molar-refractivity contribution in [1.29, 1.82) is 10.7 Å². The molecule has 0 fully saturated rings. The number of likely N-dealkylation sites (N-methyl/N-ethyl adjacent to an activating group) is 1. The molecule has 0 saturated heterocycles. The number of nitriles is 1. The van der Waals surface area contributed by atoms with Gasteiger partial charge in [-0.1, -0.05) is 20.8 Å². The van der Waals surface area contributed by atoms with Crippen LogP contribution in [-0.2, 0) is 23.2 Å². The number of carbonyl (C=O) groups excluding carboxylic acids is 2. The molecule has 0 unspecified atom stereocenters. The quantitative estimate of drug-likeness (QED) is 0.473. The van der Waals surface area contributed by atoms with Crippen LogP contribution >= 0.6 is 0 Å². The average Bonchev–Trinajstić information content (AvgIpc) is 3.20. The molecule has 9 heteroatoms. The predicted molar refractivity (Wildman–Crippen MR) is 150 cm³/mol. The number of Topliss-reactive ketones (excluding diaryl/α,β-unsaturated/α-hetero) is 1. The Balaban J connectivity index is 1.63. The summed E-state index contributed by atoms with van der Waals surface area (Å²) < 4.78 is 11.9. The molecule has 2 aromatic carbocycles. The van der Waals surface area contributed by atoms with Crippen molar-refractivity contribution in [3.63, 3.8) is 0 Å². The van der Waals surface area contributed by atoms with Crippen molar-refractivity contribution in [2.75, 3.05) is 44.8 Å². The topological polar surface area (TPSA) is 119 Å². The van der Waals surface area contributed by atoms with Crippen molar-refractivity contribution < 1.29 is 19.1 Å². The minimum absolute atomic E-state index is 0.0453. The van der Waals surface area contributed by atoms with Crippen LogP contribution < -0.4 is 19.7 Å². The van der Waals surface area contributed by atoms with Crippen LogP contribution in [0.2, 0.25) is 0 Å². The molecule has 9 nitrogen and oxygen atoms in total. The monoisotopic (exact) mass is 531 g/mol. The number of anilines is 1. The number of carbonyl (C=O) groups is 2. The lowest BCUT2D eigenvalue weighted by Gasteiger charge is -2.35. The molecule has 0 aromatic heterocycles. The molecule has 0 bridgehead atoms. The van der Waals surface area contributed by atoms with Gasteiger partial charge in [0.15, 0.2) is 5.78 Å². The highest BCUT2D eigenvalue weighted by molar-refractivity contribution is 6.06. The first-order chi connectivity index (χ1) is 18.6. The van der Waals surface area contributed by atoms with Crippen molar-refractivity contribution in [3.8, 4) is 17.6 Å². The Morgan fingerprint density at radius 3 is 2.64 bits per heavy atom. The van der Waals surface area contributed by atoms with Crippen LogP contribution in [0, 0.1) is 16.7 Å². The number of ketones is 1. The number of nitrogens with one attached hydrogen (secondary N) is 2. The van der Waals surface area contributed by atoms with E-state index in [-0.39, 0.29) is 35.9 Å². The number of amidine groups is 1. The van der Waals surface area contributed by atoms with E-state index in [0.29, 0.717) is 56.1 Å². The molecule has 2 aliphatic rings. The SMILES string of the molecule is CCOc1cc2c(cc1CC(=O)NC)C(=N)N(CC(=O)c1cc3c(c(C(C)(C)C)c1)OCCN3CCC#N)C2. The van der Waals surface area contributed by atoms with Gasteiger partial charge in [-0.3, -0.25) is 15.0 Å². The molecule has 2 N–H and O–H groups in total. The predicted octanol–water partition coefficient (Wildman–Crippen LogP) is 3.81. The second-order valence-corrected chi connectivity index (χ2v) is 10.9. The Bertz CT molecular complexity index is 1340. The molecule has 2 heterocycles. The Labute approximate surface area is 230 Å². The van der Waals surface area contributed by atoms with Crippen molar-refractivity contribution in [3.05, 3.63) is 52.1 Å². The summed E-state index contributed by atoms with van der Waals surface area (Å²) in [4.78, 5) is 29.6. The zero-order chi connectivity index (χ0) is 28.3. The number of benzene rings is 2. The second kappa shape index (κ2) is 11.4. The van der Waals surface area contributed by atoms with Crippen LogP contribution in [0.5, 0.6) is 11.5 Å². The van der Waals surface area contributed by atoms with Crippen molar-refractivity contribution in [2.45, 2.75) is 52.5 Å². The minimum Gasteiger partial charge on any atom is -0.494 e. The molecular formula is C30H37N5O4.